The monoisotopic (exact) mass is 398 g/mol. The van der Waals surface area contributed by atoms with E-state index in [2.05, 4.69) is 51.7 Å². The van der Waals surface area contributed by atoms with E-state index in [0.717, 1.165) is 20.3 Å². The summed E-state index contributed by atoms with van der Waals surface area (Å²) in [7, 11) is 0. The molecule has 8 heteroatoms. The molecule has 0 fully saturated rings. The van der Waals surface area contributed by atoms with Gasteiger partial charge in [0, 0.05) is 5.75 Å². The van der Waals surface area contributed by atoms with Crippen molar-refractivity contribution in [3.05, 3.63) is 64.7 Å². The lowest BCUT2D eigenvalue weighted by Gasteiger charge is -1.99. The summed E-state index contributed by atoms with van der Waals surface area (Å²) < 4.78 is 1.81. The second-order valence-corrected chi connectivity index (χ2v) is 8.82. The number of para-hydroxylation sites is 1. The molecule has 0 saturated carbocycles. The lowest BCUT2D eigenvalue weighted by Crippen LogP contribution is -2.11. The number of nitrogens with zero attached hydrogens (tertiary/aromatic N) is 3. The SMILES string of the molecule is Cc1ccc(CSc2nnc(NC(=O)c3nc4ccccc4s3)s2)cc1. The van der Waals surface area contributed by atoms with Gasteiger partial charge < -0.3 is 0 Å². The van der Waals surface area contributed by atoms with Crippen LogP contribution in [0.1, 0.15) is 20.9 Å². The van der Waals surface area contributed by atoms with E-state index in [9.17, 15) is 4.79 Å². The van der Waals surface area contributed by atoms with Gasteiger partial charge in [-0.25, -0.2) is 4.98 Å². The fourth-order valence-electron chi connectivity index (χ4n) is 2.27. The first kappa shape index (κ1) is 17.1. The molecule has 0 aliphatic heterocycles. The molecule has 5 nitrogen and oxygen atoms in total. The highest BCUT2D eigenvalue weighted by molar-refractivity contribution is 8.00. The van der Waals surface area contributed by atoms with Crippen molar-refractivity contribution in [3.8, 4) is 0 Å². The van der Waals surface area contributed by atoms with Gasteiger partial charge in [0.15, 0.2) is 9.35 Å². The van der Waals surface area contributed by atoms with Crippen LogP contribution in [0.2, 0.25) is 0 Å². The molecule has 4 rings (SSSR count). The summed E-state index contributed by atoms with van der Waals surface area (Å²) in [4.78, 5) is 16.7. The van der Waals surface area contributed by atoms with E-state index >= 15 is 0 Å². The van der Waals surface area contributed by atoms with E-state index in [1.165, 1.54) is 33.8 Å². The van der Waals surface area contributed by atoms with Crippen molar-refractivity contribution in [2.24, 2.45) is 0 Å². The Morgan fingerprint density at radius 3 is 2.69 bits per heavy atom. The molecule has 2 aromatic heterocycles. The fraction of sp³-hybridized carbons (Fsp3) is 0.111. The molecular formula is C18H14N4OS3. The second kappa shape index (κ2) is 7.53. The number of carbonyl (C=O) groups excluding carboxylic acids is 1. The Hall–Kier alpha value is -2.29. The molecule has 0 radical (unpaired) electrons. The minimum Gasteiger partial charge on any atom is -0.294 e. The molecule has 2 aromatic carbocycles. The Kier molecular flexibility index (Phi) is 4.96. The third-order valence-electron chi connectivity index (χ3n) is 3.60. The van der Waals surface area contributed by atoms with Crippen molar-refractivity contribution in [2.45, 2.75) is 17.0 Å². The number of thiazole rings is 1. The Morgan fingerprint density at radius 2 is 1.88 bits per heavy atom. The largest absolute Gasteiger partial charge is 0.294 e. The molecule has 1 N–H and O–H groups in total. The molecule has 0 saturated heterocycles. The predicted octanol–water partition coefficient (Wildman–Crippen LogP) is 5.00. The van der Waals surface area contributed by atoms with Crippen LogP contribution in [0.3, 0.4) is 0 Å². The molecule has 0 unspecified atom stereocenters. The van der Waals surface area contributed by atoms with Crippen molar-refractivity contribution in [2.75, 3.05) is 5.32 Å². The number of aryl methyl sites for hydroxylation is 1. The third-order valence-corrected chi connectivity index (χ3v) is 6.68. The highest BCUT2D eigenvalue weighted by atomic mass is 32.2. The van der Waals surface area contributed by atoms with Crippen molar-refractivity contribution < 1.29 is 4.79 Å². The number of thioether (sulfide) groups is 1. The maximum atomic E-state index is 12.4. The van der Waals surface area contributed by atoms with Gasteiger partial charge in [0.25, 0.3) is 5.91 Å². The summed E-state index contributed by atoms with van der Waals surface area (Å²) in [5, 5.41) is 11.9. The number of hydrogen-bond donors (Lipinski definition) is 1. The summed E-state index contributed by atoms with van der Waals surface area (Å²) in [5.74, 6) is 0.568. The molecule has 0 atom stereocenters. The van der Waals surface area contributed by atoms with Gasteiger partial charge >= 0.3 is 0 Å². The average molecular weight is 399 g/mol. The maximum Gasteiger partial charge on any atom is 0.286 e. The van der Waals surface area contributed by atoms with E-state index in [1.54, 1.807) is 11.8 Å². The number of fused-ring (bicyclic) bond motifs is 1. The molecule has 0 bridgehead atoms. The topological polar surface area (TPSA) is 67.8 Å². The first-order valence-electron chi connectivity index (χ1n) is 7.86. The lowest BCUT2D eigenvalue weighted by molar-refractivity contribution is 0.102. The minimum atomic E-state index is -0.252. The second-order valence-electron chi connectivity index (χ2n) is 5.59. The van der Waals surface area contributed by atoms with Crippen LogP contribution in [0.15, 0.2) is 52.9 Å². The average Bonchev–Trinajstić information content (AvgIpc) is 3.28. The zero-order valence-corrected chi connectivity index (χ0v) is 16.3. The number of nitrogens with one attached hydrogen (secondary N) is 1. The zero-order chi connectivity index (χ0) is 17.9. The van der Waals surface area contributed by atoms with Gasteiger partial charge in [0.1, 0.15) is 0 Å². The summed E-state index contributed by atoms with van der Waals surface area (Å²) in [5.41, 5.74) is 3.31. The Bertz CT molecular complexity index is 1020. The molecule has 2 heterocycles. The van der Waals surface area contributed by atoms with Crippen LogP contribution in [-0.2, 0) is 5.75 Å². The number of rotatable bonds is 5. The normalized spacial score (nSPS) is 11.0. The molecule has 4 aromatic rings. The summed E-state index contributed by atoms with van der Waals surface area (Å²) >= 11 is 4.35. The predicted molar refractivity (Wildman–Crippen MR) is 108 cm³/mol. The Morgan fingerprint density at radius 1 is 1.08 bits per heavy atom. The summed E-state index contributed by atoms with van der Waals surface area (Å²) in [6, 6.07) is 16.1. The van der Waals surface area contributed by atoms with Crippen LogP contribution in [0.25, 0.3) is 10.2 Å². The van der Waals surface area contributed by atoms with E-state index in [0.29, 0.717) is 10.1 Å². The van der Waals surface area contributed by atoms with Gasteiger partial charge in [-0.1, -0.05) is 65.1 Å². The zero-order valence-electron chi connectivity index (χ0n) is 13.8. The number of hydrogen-bond acceptors (Lipinski definition) is 7. The fourth-order valence-corrected chi connectivity index (χ4v) is 4.83. The lowest BCUT2D eigenvalue weighted by atomic mass is 10.2. The van der Waals surface area contributed by atoms with E-state index in [4.69, 9.17) is 0 Å². The molecule has 1 amide bonds. The smallest absolute Gasteiger partial charge is 0.286 e. The Labute approximate surface area is 162 Å². The summed E-state index contributed by atoms with van der Waals surface area (Å²) in [6.45, 7) is 2.07. The number of aromatic nitrogens is 3. The van der Waals surface area contributed by atoms with Gasteiger partial charge in [-0.05, 0) is 24.6 Å². The standard InChI is InChI=1S/C18H14N4OS3/c1-11-6-8-12(9-7-11)10-24-18-22-21-17(26-18)20-15(23)16-19-13-4-2-3-5-14(13)25-16/h2-9H,10H2,1H3,(H,20,21,23). The van der Waals surface area contributed by atoms with Gasteiger partial charge in [-0.2, -0.15) is 0 Å². The summed E-state index contributed by atoms with van der Waals surface area (Å²) in [6.07, 6.45) is 0. The maximum absolute atomic E-state index is 12.4. The first-order chi connectivity index (χ1) is 12.7. The van der Waals surface area contributed by atoms with E-state index < -0.39 is 0 Å². The van der Waals surface area contributed by atoms with Gasteiger partial charge in [-0.3, -0.25) is 10.1 Å². The van der Waals surface area contributed by atoms with Crippen molar-refractivity contribution in [1.82, 2.24) is 15.2 Å². The van der Waals surface area contributed by atoms with Gasteiger partial charge in [0.05, 0.1) is 10.2 Å². The molecule has 0 aliphatic carbocycles. The van der Waals surface area contributed by atoms with Crippen molar-refractivity contribution >= 4 is 55.7 Å². The molecular weight excluding hydrogens is 384 g/mol. The third kappa shape index (κ3) is 3.92. The first-order valence-corrected chi connectivity index (χ1v) is 10.5. The van der Waals surface area contributed by atoms with E-state index in [-0.39, 0.29) is 5.91 Å². The molecule has 0 aliphatic rings. The Balaban J connectivity index is 1.39. The van der Waals surface area contributed by atoms with Gasteiger partial charge in [-0.15, -0.1) is 21.5 Å². The molecule has 130 valence electrons. The number of carbonyl (C=O) groups is 1. The van der Waals surface area contributed by atoms with Crippen LogP contribution in [-0.4, -0.2) is 21.1 Å². The van der Waals surface area contributed by atoms with Crippen LogP contribution in [0.5, 0.6) is 0 Å². The number of benzene rings is 2. The highest BCUT2D eigenvalue weighted by Gasteiger charge is 2.15. The van der Waals surface area contributed by atoms with E-state index in [1.807, 2.05) is 24.3 Å². The van der Waals surface area contributed by atoms with Crippen molar-refractivity contribution in [3.63, 3.8) is 0 Å². The van der Waals surface area contributed by atoms with Crippen molar-refractivity contribution in [1.29, 1.82) is 0 Å². The minimum absolute atomic E-state index is 0.252. The van der Waals surface area contributed by atoms with Crippen LogP contribution in [0.4, 0.5) is 5.13 Å². The highest BCUT2D eigenvalue weighted by Crippen LogP contribution is 2.29. The van der Waals surface area contributed by atoms with Gasteiger partial charge in [0.2, 0.25) is 5.13 Å². The van der Waals surface area contributed by atoms with Crippen LogP contribution >= 0.6 is 34.4 Å². The number of anilines is 1. The van der Waals surface area contributed by atoms with Crippen LogP contribution < -0.4 is 5.32 Å². The molecule has 0 spiro atoms. The number of amides is 1. The van der Waals surface area contributed by atoms with Crippen LogP contribution in [0, 0.1) is 6.92 Å². The quantitative estimate of drug-likeness (QED) is 0.378. The molecule has 26 heavy (non-hydrogen) atoms.